The highest BCUT2D eigenvalue weighted by atomic mass is 79.9. The van der Waals surface area contributed by atoms with Crippen molar-refractivity contribution in [2.24, 2.45) is 5.10 Å². The second-order valence-electron chi connectivity index (χ2n) is 5.72. The Balaban J connectivity index is 2.11. The van der Waals surface area contributed by atoms with Gasteiger partial charge in [0.15, 0.2) is 5.82 Å². The Hall–Kier alpha value is -2.17. The average molecular weight is 456 g/mol. The maximum Gasteiger partial charge on any atom is 0.459 e. The van der Waals surface area contributed by atoms with Crippen LogP contribution in [-0.4, -0.2) is 22.8 Å². The number of halogens is 8. The molecule has 1 aliphatic heterocycles. The molecule has 0 amide bonds. The van der Waals surface area contributed by atoms with Crippen molar-refractivity contribution in [3.63, 3.8) is 0 Å². The minimum Gasteiger partial charge on any atom is -0.263 e. The zero-order valence-electron chi connectivity index (χ0n) is 13.1. The minimum absolute atomic E-state index is 0.227. The summed E-state index contributed by atoms with van der Waals surface area (Å²) < 4.78 is 93.6. The van der Waals surface area contributed by atoms with Gasteiger partial charge in [-0.15, -0.1) is 0 Å². The van der Waals surface area contributed by atoms with Crippen LogP contribution in [0.3, 0.4) is 0 Å². The fourth-order valence-corrected chi connectivity index (χ4v) is 3.01. The van der Waals surface area contributed by atoms with Crippen molar-refractivity contribution in [1.82, 2.24) is 4.98 Å². The van der Waals surface area contributed by atoms with Gasteiger partial charge < -0.3 is 0 Å². The zero-order valence-corrected chi connectivity index (χ0v) is 14.7. The SMILES string of the molecule is Fc1ccc(N2N=C(C(F)(F)C(F)(F)F)CC2c2cncc(Br)c2)c(F)c1. The summed E-state index contributed by atoms with van der Waals surface area (Å²) in [6.07, 6.45) is -4.05. The molecule has 0 bridgehead atoms. The Bertz CT molecular complexity index is 898. The summed E-state index contributed by atoms with van der Waals surface area (Å²) in [4.78, 5) is 3.84. The van der Waals surface area contributed by atoms with E-state index in [0.29, 0.717) is 15.5 Å². The van der Waals surface area contributed by atoms with E-state index in [1.165, 1.54) is 18.5 Å². The van der Waals surface area contributed by atoms with Crippen molar-refractivity contribution in [3.8, 4) is 0 Å². The van der Waals surface area contributed by atoms with Crippen molar-refractivity contribution in [2.75, 3.05) is 5.01 Å². The van der Waals surface area contributed by atoms with E-state index in [2.05, 4.69) is 26.0 Å². The third-order valence-corrected chi connectivity index (χ3v) is 4.33. The monoisotopic (exact) mass is 455 g/mol. The molecule has 3 rings (SSSR count). The van der Waals surface area contributed by atoms with Crippen LogP contribution in [0.4, 0.5) is 36.4 Å². The number of pyridine rings is 1. The van der Waals surface area contributed by atoms with Crippen LogP contribution in [0.15, 0.2) is 46.2 Å². The number of hydrogen-bond acceptors (Lipinski definition) is 3. The smallest absolute Gasteiger partial charge is 0.263 e. The van der Waals surface area contributed by atoms with Crippen molar-refractivity contribution >= 4 is 27.3 Å². The van der Waals surface area contributed by atoms with E-state index in [1.807, 2.05) is 0 Å². The molecular weight excluding hydrogens is 447 g/mol. The van der Waals surface area contributed by atoms with E-state index in [9.17, 15) is 30.7 Å². The number of hydrazone groups is 1. The van der Waals surface area contributed by atoms with Gasteiger partial charge in [0.25, 0.3) is 0 Å². The number of aromatic nitrogens is 1. The molecule has 0 saturated heterocycles. The van der Waals surface area contributed by atoms with Crippen molar-refractivity contribution in [2.45, 2.75) is 24.6 Å². The molecule has 0 aliphatic carbocycles. The normalized spacial score (nSPS) is 18.0. The summed E-state index contributed by atoms with van der Waals surface area (Å²) in [7, 11) is 0. The van der Waals surface area contributed by atoms with E-state index in [0.717, 1.165) is 12.1 Å². The number of benzene rings is 1. The second-order valence-corrected chi connectivity index (χ2v) is 6.63. The fourth-order valence-electron chi connectivity index (χ4n) is 2.62. The van der Waals surface area contributed by atoms with Gasteiger partial charge in [0, 0.05) is 29.4 Å². The van der Waals surface area contributed by atoms with Gasteiger partial charge in [-0.3, -0.25) is 9.99 Å². The number of nitrogens with zero attached hydrogens (tertiary/aromatic N) is 3. The van der Waals surface area contributed by atoms with Gasteiger partial charge >= 0.3 is 12.1 Å². The highest BCUT2D eigenvalue weighted by Crippen LogP contribution is 2.45. The van der Waals surface area contributed by atoms with Gasteiger partial charge in [0.1, 0.15) is 11.5 Å². The van der Waals surface area contributed by atoms with Crippen LogP contribution in [0, 0.1) is 11.6 Å². The maximum atomic E-state index is 14.1. The lowest BCUT2D eigenvalue weighted by Crippen LogP contribution is -2.43. The summed E-state index contributed by atoms with van der Waals surface area (Å²) in [5.41, 5.74) is -1.68. The Morgan fingerprint density at radius 1 is 1.04 bits per heavy atom. The summed E-state index contributed by atoms with van der Waals surface area (Å²) in [5, 5.41) is 4.04. The first-order valence-corrected chi connectivity index (χ1v) is 8.17. The largest absolute Gasteiger partial charge is 0.459 e. The average Bonchev–Trinajstić information content (AvgIpc) is 2.99. The predicted molar refractivity (Wildman–Crippen MR) is 86.6 cm³/mol. The highest BCUT2D eigenvalue weighted by Gasteiger charge is 2.63. The van der Waals surface area contributed by atoms with Crippen molar-refractivity contribution < 1.29 is 30.7 Å². The van der Waals surface area contributed by atoms with Gasteiger partial charge in [-0.05, 0) is 39.7 Å². The van der Waals surface area contributed by atoms with Gasteiger partial charge in [0.05, 0.1) is 11.7 Å². The number of alkyl halides is 5. The Labute approximate surface area is 156 Å². The van der Waals surface area contributed by atoms with Gasteiger partial charge in [-0.2, -0.15) is 27.1 Å². The standard InChI is InChI=1S/C16H9BrF7N3/c17-9-3-8(6-25-7-9)13-5-14(15(20,21)16(22,23)24)26-27(13)12-2-1-10(18)4-11(12)19/h1-4,6-7,13H,5H2. The van der Waals surface area contributed by atoms with E-state index in [4.69, 9.17) is 0 Å². The van der Waals surface area contributed by atoms with Crippen LogP contribution in [0.25, 0.3) is 0 Å². The van der Waals surface area contributed by atoms with Crippen LogP contribution >= 0.6 is 15.9 Å². The summed E-state index contributed by atoms with van der Waals surface area (Å²) in [6, 6.07) is 2.51. The second kappa shape index (κ2) is 6.77. The molecule has 1 atom stereocenters. The molecule has 11 heteroatoms. The van der Waals surface area contributed by atoms with E-state index in [-0.39, 0.29) is 5.56 Å². The maximum absolute atomic E-state index is 14.1. The molecule has 1 unspecified atom stereocenters. The van der Waals surface area contributed by atoms with Gasteiger partial charge in [0.2, 0.25) is 0 Å². The molecule has 0 N–H and O–H groups in total. The first-order valence-electron chi connectivity index (χ1n) is 7.38. The molecule has 1 aliphatic rings. The van der Waals surface area contributed by atoms with Crippen LogP contribution in [0.5, 0.6) is 0 Å². The van der Waals surface area contributed by atoms with Crippen molar-refractivity contribution in [1.29, 1.82) is 0 Å². The predicted octanol–water partition coefficient (Wildman–Crippen LogP) is 5.63. The quantitative estimate of drug-likeness (QED) is 0.561. The minimum atomic E-state index is -5.86. The number of rotatable bonds is 3. The number of anilines is 1. The van der Waals surface area contributed by atoms with Crippen LogP contribution in [0.1, 0.15) is 18.0 Å². The third-order valence-electron chi connectivity index (χ3n) is 3.90. The van der Waals surface area contributed by atoms with Crippen LogP contribution in [-0.2, 0) is 0 Å². The molecule has 1 aromatic heterocycles. The summed E-state index contributed by atoms with van der Waals surface area (Å²) in [6.45, 7) is 0. The van der Waals surface area contributed by atoms with Gasteiger partial charge in [-0.25, -0.2) is 8.78 Å². The number of hydrogen-bond donors (Lipinski definition) is 0. The molecule has 1 aromatic carbocycles. The first-order chi connectivity index (χ1) is 12.5. The molecule has 0 fully saturated rings. The molecule has 27 heavy (non-hydrogen) atoms. The molecule has 0 saturated carbocycles. The Morgan fingerprint density at radius 3 is 2.33 bits per heavy atom. The summed E-state index contributed by atoms with van der Waals surface area (Å²) >= 11 is 3.13. The fraction of sp³-hybridized carbons (Fsp3) is 0.250. The van der Waals surface area contributed by atoms with Gasteiger partial charge in [-0.1, -0.05) is 0 Å². The molecule has 2 heterocycles. The lowest BCUT2D eigenvalue weighted by atomic mass is 10.00. The Kier molecular flexibility index (Phi) is 4.91. The van der Waals surface area contributed by atoms with E-state index < -0.39 is 47.6 Å². The molecule has 0 spiro atoms. The van der Waals surface area contributed by atoms with Crippen LogP contribution < -0.4 is 5.01 Å². The molecule has 3 nitrogen and oxygen atoms in total. The van der Waals surface area contributed by atoms with Crippen molar-refractivity contribution in [3.05, 3.63) is 58.3 Å². The molecular formula is C16H9BrF7N3. The first kappa shape index (κ1) is 19.6. The third kappa shape index (κ3) is 3.64. The lowest BCUT2D eigenvalue weighted by Gasteiger charge is -2.24. The lowest BCUT2D eigenvalue weighted by molar-refractivity contribution is -0.249. The molecule has 2 aromatic rings. The van der Waals surface area contributed by atoms with E-state index >= 15 is 0 Å². The Morgan fingerprint density at radius 2 is 1.74 bits per heavy atom. The van der Waals surface area contributed by atoms with Crippen LogP contribution in [0.2, 0.25) is 0 Å². The molecule has 144 valence electrons. The molecule has 0 radical (unpaired) electrons. The topological polar surface area (TPSA) is 28.5 Å². The zero-order chi connectivity index (χ0) is 20.0. The van der Waals surface area contributed by atoms with E-state index in [1.54, 1.807) is 0 Å². The highest BCUT2D eigenvalue weighted by molar-refractivity contribution is 9.10. The summed E-state index contributed by atoms with van der Waals surface area (Å²) in [5.74, 6) is -7.28.